The molecule has 0 radical (unpaired) electrons. The highest BCUT2D eigenvalue weighted by Crippen LogP contribution is 2.21. The van der Waals surface area contributed by atoms with Crippen molar-refractivity contribution in [3.8, 4) is 5.75 Å². The van der Waals surface area contributed by atoms with Crippen LogP contribution in [0.3, 0.4) is 0 Å². The molecule has 0 unspecified atom stereocenters. The zero-order valence-electron chi connectivity index (χ0n) is 11.5. The predicted octanol–water partition coefficient (Wildman–Crippen LogP) is 4.85. The minimum Gasteiger partial charge on any atom is -0.497 e. The molecule has 0 amide bonds. The van der Waals surface area contributed by atoms with Crippen molar-refractivity contribution < 1.29 is 4.74 Å². The van der Waals surface area contributed by atoms with E-state index in [0.717, 1.165) is 11.3 Å². The summed E-state index contributed by atoms with van der Waals surface area (Å²) in [7, 11) is 1.67. The second kappa shape index (κ2) is 6.98. The number of nitrogens with one attached hydrogen (secondary N) is 1. The molecule has 106 valence electrons. The van der Waals surface area contributed by atoms with Gasteiger partial charge in [-0.05, 0) is 48.4 Å². The third-order valence-corrected chi connectivity index (χ3v) is 3.56. The fourth-order valence-corrected chi connectivity index (χ4v) is 2.58. The van der Waals surface area contributed by atoms with E-state index in [4.69, 9.17) is 27.9 Å². The molecule has 0 heterocycles. The van der Waals surface area contributed by atoms with Crippen LogP contribution in [0.15, 0.2) is 42.5 Å². The third kappa shape index (κ3) is 4.14. The van der Waals surface area contributed by atoms with Crippen LogP contribution in [0.4, 0.5) is 0 Å². The van der Waals surface area contributed by atoms with Crippen LogP contribution in [0, 0.1) is 0 Å². The molecule has 0 spiro atoms. The van der Waals surface area contributed by atoms with Crippen molar-refractivity contribution in [2.45, 2.75) is 19.5 Å². The van der Waals surface area contributed by atoms with Crippen molar-refractivity contribution in [2.24, 2.45) is 0 Å². The minimum absolute atomic E-state index is 0.211. The van der Waals surface area contributed by atoms with Gasteiger partial charge in [0.05, 0.1) is 7.11 Å². The first-order chi connectivity index (χ1) is 9.58. The van der Waals surface area contributed by atoms with Crippen LogP contribution in [0.5, 0.6) is 5.75 Å². The van der Waals surface area contributed by atoms with Crippen LogP contribution < -0.4 is 10.1 Å². The molecule has 2 aromatic carbocycles. The number of methoxy groups -OCH3 is 1. The maximum Gasteiger partial charge on any atom is 0.119 e. The van der Waals surface area contributed by atoms with Crippen molar-refractivity contribution in [3.05, 3.63) is 63.6 Å². The number of halogens is 2. The molecule has 2 nitrogen and oxygen atoms in total. The van der Waals surface area contributed by atoms with Crippen LogP contribution >= 0.6 is 23.2 Å². The fraction of sp³-hybridized carbons (Fsp3) is 0.250. The Kier molecular flexibility index (Phi) is 5.30. The van der Waals surface area contributed by atoms with Gasteiger partial charge in [0.25, 0.3) is 0 Å². The molecular formula is C16H17Cl2NO. The number of hydrogen-bond donors (Lipinski definition) is 1. The predicted molar refractivity (Wildman–Crippen MR) is 84.7 cm³/mol. The highest BCUT2D eigenvalue weighted by molar-refractivity contribution is 6.34. The first kappa shape index (κ1) is 15.2. The summed E-state index contributed by atoms with van der Waals surface area (Å²) in [6.45, 7) is 2.82. The molecule has 0 aliphatic rings. The number of hydrogen-bond acceptors (Lipinski definition) is 2. The zero-order chi connectivity index (χ0) is 14.5. The second-order valence-corrected chi connectivity index (χ2v) is 5.53. The molecule has 2 rings (SSSR count). The molecule has 4 heteroatoms. The van der Waals surface area contributed by atoms with Gasteiger partial charge in [0, 0.05) is 22.6 Å². The lowest BCUT2D eigenvalue weighted by Gasteiger charge is -2.15. The SMILES string of the molecule is COc1cccc([C@@H](C)NCc2cc(Cl)cc(Cl)c2)c1. The number of benzene rings is 2. The van der Waals surface area contributed by atoms with Crippen LogP contribution in [0.1, 0.15) is 24.1 Å². The number of rotatable bonds is 5. The van der Waals surface area contributed by atoms with Crippen LogP contribution in [0.25, 0.3) is 0 Å². The molecule has 20 heavy (non-hydrogen) atoms. The van der Waals surface area contributed by atoms with Crippen molar-refractivity contribution in [1.29, 1.82) is 0 Å². The van der Waals surface area contributed by atoms with Gasteiger partial charge in [0.2, 0.25) is 0 Å². The Hall–Kier alpha value is -1.22. The molecule has 1 N–H and O–H groups in total. The third-order valence-electron chi connectivity index (χ3n) is 3.13. The van der Waals surface area contributed by atoms with Gasteiger partial charge in [-0.25, -0.2) is 0 Å². The second-order valence-electron chi connectivity index (χ2n) is 4.66. The van der Waals surface area contributed by atoms with Crippen molar-refractivity contribution >= 4 is 23.2 Å². The molecule has 0 bridgehead atoms. The average molecular weight is 310 g/mol. The van der Waals surface area contributed by atoms with E-state index in [1.54, 1.807) is 13.2 Å². The van der Waals surface area contributed by atoms with Gasteiger partial charge in [-0.15, -0.1) is 0 Å². The largest absolute Gasteiger partial charge is 0.497 e. The smallest absolute Gasteiger partial charge is 0.119 e. The van der Waals surface area contributed by atoms with E-state index in [1.807, 2.05) is 30.3 Å². The Morgan fingerprint density at radius 3 is 2.45 bits per heavy atom. The maximum absolute atomic E-state index is 5.99. The number of ether oxygens (including phenoxy) is 1. The zero-order valence-corrected chi connectivity index (χ0v) is 13.0. The molecule has 0 aliphatic heterocycles. The fourth-order valence-electron chi connectivity index (χ4n) is 2.01. The highest BCUT2D eigenvalue weighted by atomic mass is 35.5. The van der Waals surface area contributed by atoms with Crippen molar-refractivity contribution in [2.75, 3.05) is 7.11 Å². The van der Waals surface area contributed by atoms with Gasteiger partial charge in [0.15, 0.2) is 0 Å². The van der Waals surface area contributed by atoms with Gasteiger partial charge >= 0.3 is 0 Å². The molecule has 1 atom stereocenters. The van der Waals surface area contributed by atoms with Crippen LogP contribution in [-0.4, -0.2) is 7.11 Å². The molecular weight excluding hydrogens is 293 g/mol. The van der Waals surface area contributed by atoms with Crippen molar-refractivity contribution in [1.82, 2.24) is 5.32 Å². The molecule has 2 aromatic rings. The van der Waals surface area contributed by atoms with E-state index in [-0.39, 0.29) is 6.04 Å². The summed E-state index contributed by atoms with van der Waals surface area (Å²) in [5.41, 5.74) is 2.25. The van der Waals surface area contributed by atoms with Gasteiger partial charge in [-0.2, -0.15) is 0 Å². The summed E-state index contributed by atoms with van der Waals surface area (Å²) in [4.78, 5) is 0. The van der Waals surface area contributed by atoms with E-state index < -0.39 is 0 Å². The van der Waals surface area contributed by atoms with E-state index >= 15 is 0 Å². The Morgan fingerprint density at radius 2 is 1.80 bits per heavy atom. The van der Waals surface area contributed by atoms with Crippen molar-refractivity contribution in [3.63, 3.8) is 0 Å². The lowest BCUT2D eigenvalue weighted by molar-refractivity contribution is 0.413. The van der Waals surface area contributed by atoms with Crippen LogP contribution in [-0.2, 0) is 6.54 Å². The summed E-state index contributed by atoms with van der Waals surface area (Å²) in [6, 6.07) is 13.8. The Labute approximate surface area is 129 Å². The highest BCUT2D eigenvalue weighted by Gasteiger charge is 2.06. The summed E-state index contributed by atoms with van der Waals surface area (Å²) in [5.74, 6) is 0.863. The monoisotopic (exact) mass is 309 g/mol. The van der Waals surface area contributed by atoms with Gasteiger partial charge < -0.3 is 10.1 Å². The summed E-state index contributed by atoms with van der Waals surface area (Å²) in [5, 5.41) is 4.76. The van der Waals surface area contributed by atoms with E-state index in [0.29, 0.717) is 16.6 Å². The first-order valence-corrected chi connectivity index (χ1v) is 7.16. The van der Waals surface area contributed by atoms with E-state index in [1.165, 1.54) is 5.56 Å². The van der Waals surface area contributed by atoms with Gasteiger partial charge in [-0.3, -0.25) is 0 Å². The van der Waals surface area contributed by atoms with E-state index in [9.17, 15) is 0 Å². The minimum atomic E-state index is 0.211. The summed E-state index contributed by atoms with van der Waals surface area (Å²) < 4.78 is 5.24. The summed E-state index contributed by atoms with van der Waals surface area (Å²) in [6.07, 6.45) is 0. The molecule has 0 aromatic heterocycles. The molecule has 0 aliphatic carbocycles. The molecule has 0 saturated carbocycles. The standard InChI is InChI=1S/C16H17Cl2NO/c1-11(13-4-3-5-16(8-13)20-2)19-10-12-6-14(17)9-15(18)7-12/h3-9,11,19H,10H2,1-2H3/t11-/m1/s1. The Morgan fingerprint density at radius 1 is 1.10 bits per heavy atom. The van der Waals surface area contributed by atoms with Crippen LogP contribution in [0.2, 0.25) is 10.0 Å². The maximum atomic E-state index is 5.99. The molecule has 0 saturated heterocycles. The summed E-state index contributed by atoms with van der Waals surface area (Å²) >= 11 is 12.0. The van der Waals surface area contributed by atoms with Gasteiger partial charge in [0.1, 0.15) is 5.75 Å². The normalized spacial score (nSPS) is 12.2. The lowest BCUT2D eigenvalue weighted by atomic mass is 10.1. The average Bonchev–Trinajstić information content (AvgIpc) is 2.44. The topological polar surface area (TPSA) is 21.3 Å². The Balaban J connectivity index is 2.02. The quantitative estimate of drug-likeness (QED) is 0.852. The molecule has 0 fully saturated rings. The Bertz CT molecular complexity index is 566. The van der Waals surface area contributed by atoms with E-state index in [2.05, 4.69) is 18.3 Å². The lowest BCUT2D eigenvalue weighted by Crippen LogP contribution is -2.18. The van der Waals surface area contributed by atoms with Gasteiger partial charge in [-0.1, -0.05) is 35.3 Å². The first-order valence-electron chi connectivity index (χ1n) is 6.41.